The minimum Gasteiger partial charge on any atom is -0.380 e. The maximum atomic E-state index is 5.38. The van der Waals surface area contributed by atoms with E-state index < -0.39 is 0 Å². The summed E-state index contributed by atoms with van der Waals surface area (Å²) in [5.41, 5.74) is 4.02. The lowest BCUT2D eigenvalue weighted by atomic mass is 10.1. The molecule has 2 heteroatoms. The van der Waals surface area contributed by atoms with Crippen molar-refractivity contribution >= 4 is 5.69 Å². The monoisotopic (exact) mass is 205 g/mol. The molecule has 1 saturated heterocycles. The van der Waals surface area contributed by atoms with Gasteiger partial charge in [0.1, 0.15) is 0 Å². The van der Waals surface area contributed by atoms with Gasteiger partial charge in [0.25, 0.3) is 0 Å². The summed E-state index contributed by atoms with van der Waals surface area (Å²) in [4.78, 5) is 2.41. The van der Waals surface area contributed by atoms with E-state index in [9.17, 15) is 0 Å². The van der Waals surface area contributed by atoms with E-state index in [1.807, 2.05) is 0 Å². The molecule has 1 heterocycles. The largest absolute Gasteiger partial charge is 0.380 e. The molecule has 0 radical (unpaired) electrons. The zero-order chi connectivity index (χ0) is 10.8. The lowest BCUT2D eigenvalue weighted by molar-refractivity contribution is 0.121. The predicted octanol–water partition coefficient (Wildman–Crippen LogP) is 2.53. The van der Waals surface area contributed by atoms with Crippen molar-refractivity contribution in [1.82, 2.24) is 0 Å². The van der Waals surface area contributed by atoms with Gasteiger partial charge in [-0.2, -0.15) is 0 Å². The topological polar surface area (TPSA) is 12.5 Å². The van der Waals surface area contributed by atoms with Gasteiger partial charge in [0.05, 0.1) is 6.10 Å². The number of ether oxygens (including phenoxy) is 1. The molecule has 1 fully saturated rings. The Hall–Kier alpha value is -1.02. The Labute approximate surface area is 91.9 Å². The van der Waals surface area contributed by atoms with E-state index in [4.69, 9.17) is 4.74 Å². The number of nitrogens with zero attached hydrogens (tertiary/aromatic N) is 1. The molecule has 82 valence electrons. The second kappa shape index (κ2) is 4.23. The zero-order valence-corrected chi connectivity index (χ0v) is 9.79. The Bertz CT molecular complexity index is 328. The van der Waals surface area contributed by atoms with Gasteiger partial charge < -0.3 is 9.64 Å². The molecule has 1 aliphatic rings. The molecule has 1 atom stereocenters. The quantitative estimate of drug-likeness (QED) is 0.735. The van der Waals surface area contributed by atoms with Gasteiger partial charge in [-0.1, -0.05) is 6.07 Å². The van der Waals surface area contributed by atoms with Crippen LogP contribution in [0, 0.1) is 13.8 Å². The van der Waals surface area contributed by atoms with Crippen molar-refractivity contribution in [2.24, 2.45) is 0 Å². The summed E-state index contributed by atoms with van der Waals surface area (Å²) in [5, 5.41) is 0. The van der Waals surface area contributed by atoms with Crippen LogP contribution in [0.3, 0.4) is 0 Å². The van der Waals surface area contributed by atoms with E-state index in [1.54, 1.807) is 7.11 Å². The molecule has 1 aromatic rings. The third-order valence-corrected chi connectivity index (χ3v) is 3.05. The van der Waals surface area contributed by atoms with Crippen molar-refractivity contribution in [1.29, 1.82) is 0 Å². The second-order valence-electron chi connectivity index (χ2n) is 4.44. The van der Waals surface area contributed by atoms with Gasteiger partial charge in [0.15, 0.2) is 0 Å². The Morgan fingerprint density at radius 3 is 2.40 bits per heavy atom. The predicted molar refractivity (Wildman–Crippen MR) is 63.5 cm³/mol. The second-order valence-corrected chi connectivity index (χ2v) is 4.44. The van der Waals surface area contributed by atoms with Gasteiger partial charge in [0, 0.05) is 25.9 Å². The Morgan fingerprint density at radius 2 is 1.87 bits per heavy atom. The van der Waals surface area contributed by atoms with Crippen LogP contribution in [0.15, 0.2) is 18.2 Å². The highest BCUT2D eigenvalue weighted by molar-refractivity contribution is 5.51. The maximum Gasteiger partial charge on any atom is 0.0762 e. The summed E-state index contributed by atoms with van der Waals surface area (Å²) in [5.74, 6) is 0. The van der Waals surface area contributed by atoms with Crippen molar-refractivity contribution in [3.05, 3.63) is 29.3 Å². The summed E-state index contributed by atoms with van der Waals surface area (Å²) in [6.45, 7) is 6.45. The summed E-state index contributed by atoms with van der Waals surface area (Å²) in [7, 11) is 1.80. The summed E-state index contributed by atoms with van der Waals surface area (Å²) in [6, 6.07) is 6.73. The van der Waals surface area contributed by atoms with Crippen molar-refractivity contribution in [3.63, 3.8) is 0 Å². The highest BCUT2D eigenvalue weighted by Crippen LogP contribution is 2.23. The fourth-order valence-electron chi connectivity index (χ4n) is 2.29. The molecule has 0 N–H and O–H groups in total. The van der Waals surface area contributed by atoms with Crippen LogP contribution in [0.4, 0.5) is 5.69 Å². The van der Waals surface area contributed by atoms with Crippen LogP contribution in [0.2, 0.25) is 0 Å². The Morgan fingerprint density at radius 1 is 1.20 bits per heavy atom. The highest BCUT2D eigenvalue weighted by atomic mass is 16.5. The molecular weight excluding hydrogens is 186 g/mol. The number of hydrogen-bond acceptors (Lipinski definition) is 2. The molecule has 0 amide bonds. The number of rotatable bonds is 2. The van der Waals surface area contributed by atoms with Gasteiger partial charge in [-0.15, -0.1) is 0 Å². The minimum atomic E-state index is 0.408. The molecule has 1 aromatic carbocycles. The lowest BCUT2D eigenvalue weighted by Crippen LogP contribution is -2.22. The van der Waals surface area contributed by atoms with Crippen LogP contribution in [0.25, 0.3) is 0 Å². The van der Waals surface area contributed by atoms with Crippen molar-refractivity contribution in [2.75, 3.05) is 25.1 Å². The van der Waals surface area contributed by atoms with Crippen molar-refractivity contribution in [3.8, 4) is 0 Å². The van der Waals surface area contributed by atoms with Crippen molar-refractivity contribution < 1.29 is 4.74 Å². The first-order valence-electron chi connectivity index (χ1n) is 5.55. The van der Waals surface area contributed by atoms with E-state index in [2.05, 4.69) is 36.9 Å². The SMILES string of the molecule is COC1CCN(c2cc(C)cc(C)c2)C1. The van der Waals surface area contributed by atoms with Crippen LogP contribution in [-0.4, -0.2) is 26.3 Å². The van der Waals surface area contributed by atoms with E-state index in [1.165, 1.54) is 16.8 Å². The summed E-state index contributed by atoms with van der Waals surface area (Å²) < 4.78 is 5.38. The normalized spacial score (nSPS) is 21.0. The molecule has 0 spiro atoms. The standard InChI is InChI=1S/C13H19NO/c1-10-6-11(2)8-12(7-10)14-5-4-13(9-14)15-3/h6-8,13H,4-5,9H2,1-3H3. The Kier molecular flexibility index (Phi) is 2.96. The average molecular weight is 205 g/mol. The first-order valence-corrected chi connectivity index (χ1v) is 5.55. The van der Waals surface area contributed by atoms with E-state index in [-0.39, 0.29) is 0 Å². The number of benzene rings is 1. The van der Waals surface area contributed by atoms with Gasteiger partial charge in [-0.3, -0.25) is 0 Å². The third kappa shape index (κ3) is 2.32. The first-order chi connectivity index (χ1) is 7.19. The van der Waals surface area contributed by atoms with Gasteiger partial charge in [-0.05, 0) is 43.5 Å². The highest BCUT2D eigenvalue weighted by Gasteiger charge is 2.22. The number of methoxy groups -OCH3 is 1. The van der Waals surface area contributed by atoms with Crippen LogP contribution in [0.5, 0.6) is 0 Å². The molecule has 2 nitrogen and oxygen atoms in total. The molecule has 0 aromatic heterocycles. The molecule has 1 aliphatic heterocycles. The van der Waals surface area contributed by atoms with Crippen molar-refractivity contribution in [2.45, 2.75) is 26.4 Å². The smallest absolute Gasteiger partial charge is 0.0762 e. The van der Waals surface area contributed by atoms with E-state index in [0.29, 0.717) is 6.10 Å². The first kappa shape index (κ1) is 10.5. The molecule has 0 saturated carbocycles. The van der Waals surface area contributed by atoms with Gasteiger partial charge >= 0.3 is 0 Å². The number of anilines is 1. The van der Waals surface area contributed by atoms with Gasteiger partial charge in [0.2, 0.25) is 0 Å². The summed E-state index contributed by atoms with van der Waals surface area (Å²) >= 11 is 0. The fourth-order valence-corrected chi connectivity index (χ4v) is 2.29. The van der Waals surface area contributed by atoms with Crippen LogP contribution in [-0.2, 0) is 4.74 Å². The van der Waals surface area contributed by atoms with E-state index >= 15 is 0 Å². The molecular formula is C13H19NO. The van der Waals surface area contributed by atoms with Crippen LogP contribution in [0.1, 0.15) is 17.5 Å². The Balaban J connectivity index is 2.16. The molecule has 2 rings (SSSR count). The minimum absolute atomic E-state index is 0.408. The lowest BCUT2D eigenvalue weighted by Gasteiger charge is -2.19. The fraction of sp³-hybridized carbons (Fsp3) is 0.538. The summed E-state index contributed by atoms with van der Waals surface area (Å²) in [6.07, 6.45) is 1.55. The number of hydrogen-bond donors (Lipinski definition) is 0. The average Bonchev–Trinajstić information content (AvgIpc) is 2.64. The third-order valence-electron chi connectivity index (χ3n) is 3.05. The van der Waals surface area contributed by atoms with Crippen LogP contribution < -0.4 is 4.90 Å². The molecule has 0 bridgehead atoms. The zero-order valence-electron chi connectivity index (χ0n) is 9.79. The molecule has 0 aliphatic carbocycles. The molecule has 1 unspecified atom stereocenters. The van der Waals surface area contributed by atoms with E-state index in [0.717, 1.165) is 19.5 Å². The number of aryl methyl sites for hydroxylation is 2. The molecule has 15 heavy (non-hydrogen) atoms. The maximum absolute atomic E-state index is 5.38. The van der Waals surface area contributed by atoms with Gasteiger partial charge in [-0.25, -0.2) is 0 Å². The van der Waals surface area contributed by atoms with Crippen LogP contribution >= 0.6 is 0 Å².